The summed E-state index contributed by atoms with van der Waals surface area (Å²) in [5.41, 5.74) is 1.97. The largest absolute Gasteiger partial charge is 0.495 e. The summed E-state index contributed by atoms with van der Waals surface area (Å²) in [5.74, 6) is -7.67. The van der Waals surface area contributed by atoms with Gasteiger partial charge in [0, 0.05) is 63.5 Å². The molecule has 20 nitrogen and oxygen atoms in total. The molecule has 23 heteroatoms. The number of anilines is 5. The third kappa shape index (κ3) is 11.8. The van der Waals surface area contributed by atoms with Gasteiger partial charge in [-0.1, -0.05) is 31.0 Å². The number of piperidine rings is 2. The summed E-state index contributed by atoms with van der Waals surface area (Å²) in [5, 5.41) is 11.2. The fraction of sp³-hybridized carbons (Fsp3) is 0.462. The van der Waals surface area contributed by atoms with Crippen LogP contribution in [0.5, 0.6) is 11.5 Å². The Labute approximate surface area is 430 Å². The number of ether oxygens (including phenoxy) is 4. The fourth-order valence-electron chi connectivity index (χ4n) is 10.1. The van der Waals surface area contributed by atoms with E-state index < -0.39 is 59.8 Å². The van der Waals surface area contributed by atoms with Gasteiger partial charge in [0.05, 0.1) is 68.7 Å². The molecular weight excluding hydrogens is 982 g/mol. The van der Waals surface area contributed by atoms with Crippen LogP contribution in [0, 0.1) is 5.82 Å². The second-order valence-corrected chi connectivity index (χ2v) is 19.0. The molecule has 0 spiro atoms. The summed E-state index contributed by atoms with van der Waals surface area (Å²) < 4.78 is 68.5. The first-order valence-corrected chi connectivity index (χ1v) is 25.1. The Bertz CT molecular complexity index is 2810. The van der Waals surface area contributed by atoms with Gasteiger partial charge in [-0.3, -0.25) is 43.9 Å². The van der Waals surface area contributed by atoms with Crippen molar-refractivity contribution in [2.75, 3.05) is 93.8 Å². The molecule has 3 aromatic carbocycles. The van der Waals surface area contributed by atoms with Crippen molar-refractivity contribution in [3.05, 3.63) is 88.9 Å². The first kappa shape index (κ1) is 52.5. The standard InChI is InChI=1S/C52H59F3N10O10/c1-62-41-28-57-51(61-45(41)64(33-6-3-4-7-33)30-52(54,55)50(62)71)59-39-27-37(53)36(26-42(39)72-2)46(67)58-32-16-19-63(20-17-32)29-31-10-12-34(13-11-31)75-25-24-74-23-22-73-21-18-56-38-9-5-8-35-44(38)49(70)65(48(35)69)40-14-15-43(66)60-47(40)68/h5,8-13,26-28,32-33,40,56H,3-4,6-7,14-25,29-30H2,1-2H3,(H,58,67)(H,57,59,61)(H,60,66,68). The average Bonchev–Trinajstić information content (AvgIpc) is 4.04. The number of nitrogens with zero attached hydrogens (tertiary/aromatic N) is 6. The highest BCUT2D eigenvalue weighted by Gasteiger charge is 2.49. The number of carbonyl (C=O) groups excluding carboxylic acids is 6. The van der Waals surface area contributed by atoms with Gasteiger partial charge in [-0.15, -0.1) is 0 Å². The van der Waals surface area contributed by atoms with Gasteiger partial charge in [0.25, 0.3) is 23.6 Å². The van der Waals surface area contributed by atoms with Crippen LogP contribution in [0.3, 0.4) is 0 Å². The first-order chi connectivity index (χ1) is 36.2. The Morgan fingerprint density at radius 1 is 0.880 bits per heavy atom. The second kappa shape index (κ2) is 23.0. The Balaban J connectivity index is 0.664. The molecule has 5 aliphatic rings. The summed E-state index contributed by atoms with van der Waals surface area (Å²) in [6.45, 7) is 3.28. The highest BCUT2D eigenvalue weighted by molar-refractivity contribution is 6.25. The van der Waals surface area contributed by atoms with Gasteiger partial charge in [-0.2, -0.15) is 13.8 Å². The topological polar surface area (TPSA) is 226 Å². The molecular formula is C52H59F3N10O10. The van der Waals surface area contributed by atoms with Crippen LogP contribution in [0.1, 0.15) is 88.0 Å². The SMILES string of the molecule is COc1cc(C(=O)NC2CCN(Cc3ccc(OCCOCCOCCNc4cccc5c4C(=O)N(C4CCC(=O)NC4=O)C5=O)cc3)CC2)c(F)cc1Nc1ncc2c(n1)N(C1CCCC1)CC(F)(F)C(=O)N2C. The Morgan fingerprint density at radius 3 is 2.35 bits per heavy atom. The average molecular weight is 1040 g/mol. The number of carbonyl (C=O) groups is 6. The van der Waals surface area contributed by atoms with E-state index in [2.05, 4.69) is 36.1 Å². The number of benzene rings is 3. The van der Waals surface area contributed by atoms with E-state index in [4.69, 9.17) is 18.9 Å². The van der Waals surface area contributed by atoms with Crippen molar-refractivity contribution < 1.29 is 60.9 Å². The predicted molar refractivity (Wildman–Crippen MR) is 267 cm³/mol. The van der Waals surface area contributed by atoms with Crippen LogP contribution in [-0.2, 0) is 30.4 Å². The number of likely N-dealkylation sites (tertiary alicyclic amines) is 1. The van der Waals surface area contributed by atoms with Gasteiger partial charge in [-0.05, 0) is 68.0 Å². The summed E-state index contributed by atoms with van der Waals surface area (Å²) in [7, 11) is 2.64. The fourth-order valence-corrected chi connectivity index (χ4v) is 10.1. The van der Waals surface area contributed by atoms with Gasteiger partial charge >= 0.3 is 5.92 Å². The van der Waals surface area contributed by atoms with Crippen LogP contribution < -0.4 is 40.5 Å². The molecule has 4 N–H and O–H groups in total. The molecule has 5 heterocycles. The number of nitrogens with one attached hydrogen (secondary N) is 4. The molecule has 2 saturated heterocycles. The number of amides is 6. The van der Waals surface area contributed by atoms with Gasteiger partial charge in [0.15, 0.2) is 5.82 Å². The number of halogens is 3. The molecule has 1 aromatic heterocycles. The molecule has 4 aliphatic heterocycles. The van der Waals surface area contributed by atoms with Crippen molar-refractivity contribution in [3.8, 4) is 11.5 Å². The van der Waals surface area contributed by atoms with Crippen LogP contribution in [0.2, 0.25) is 0 Å². The predicted octanol–water partition coefficient (Wildman–Crippen LogP) is 5.05. The van der Waals surface area contributed by atoms with Crippen LogP contribution in [0.4, 0.5) is 42.0 Å². The van der Waals surface area contributed by atoms with Crippen LogP contribution in [0.15, 0.2) is 60.8 Å². The van der Waals surface area contributed by atoms with Gasteiger partial charge in [-0.25, -0.2) is 9.37 Å². The van der Waals surface area contributed by atoms with E-state index in [1.54, 1.807) is 12.1 Å². The number of imide groups is 2. The Hall–Kier alpha value is -7.37. The zero-order chi connectivity index (χ0) is 52.8. The van der Waals surface area contributed by atoms with Gasteiger partial charge in [0.1, 0.15) is 35.7 Å². The third-order valence-electron chi connectivity index (χ3n) is 14.1. The second-order valence-electron chi connectivity index (χ2n) is 19.0. The van der Waals surface area contributed by atoms with Crippen molar-refractivity contribution in [3.63, 3.8) is 0 Å². The highest BCUT2D eigenvalue weighted by Crippen LogP contribution is 2.41. The van der Waals surface area contributed by atoms with E-state index in [0.717, 1.165) is 34.3 Å². The minimum atomic E-state index is -3.64. The van der Waals surface area contributed by atoms with E-state index in [9.17, 15) is 28.8 Å². The number of hydrogen-bond donors (Lipinski definition) is 4. The molecule has 0 bridgehead atoms. The van der Waals surface area contributed by atoms with Crippen LogP contribution >= 0.6 is 0 Å². The van der Waals surface area contributed by atoms with Crippen molar-refractivity contribution in [2.45, 2.75) is 82.0 Å². The van der Waals surface area contributed by atoms with Crippen molar-refractivity contribution >= 4 is 64.3 Å². The van der Waals surface area contributed by atoms with E-state index in [1.165, 1.54) is 37.4 Å². The number of aromatic nitrogens is 2. The maximum Gasteiger partial charge on any atom is 0.342 e. The van der Waals surface area contributed by atoms with E-state index >= 15 is 13.2 Å². The van der Waals surface area contributed by atoms with Gasteiger partial charge < -0.3 is 44.7 Å². The summed E-state index contributed by atoms with van der Waals surface area (Å²) >= 11 is 0. The molecule has 75 heavy (non-hydrogen) atoms. The van der Waals surface area contributed by atoms with Crippen molar-refractivity contribution in [2.24, 2.45) is 0 Å². The quantitative estimate of drug-likeness (QED) is 0.0671. The minimum Gasteiger partial charge on any atom is -0.495 e. The number of hydrogen-bond acceptors (Lipinski definition) is 16. The van der Waals surface area contributed by atoms with Gasteiger partial charge in [0.2, 0.25) is 17.8 Å². The van der Waals surface area contributed by atoms with Crippen LogP contribution in [-0.4, -0.2) is 153 Å². The minimum absolute atomic E-state index is 0.0274. The summed E-state index contributed by atoms with van der Waals surface area (Å²) in [4.78, 5) is 90.8. The zero-order valence-electron chi connectivity index (χ0n) is 41.6. The lowest BCUT2D eigenvalue weighted by atomic mass is 10.0. The molecule has 0 radical (unpaired) electrons. The van der Waals surface area contributed by atoms with E-state index in [-0.39, 0.29) is 70.5 Å². The van der Waals surface area contributed by atoms with E-state index in [0.29, 0.717) is 96.3 Å². The van der Waals surface area contributed by atoms with E-state index in [1.807, 2.05) is 24.3 Å². The maximum atomic E-state index is 15.7. The lowest BCUT2D eigenvalue weighted by molar-refractivity contribution is -0.140. The maximum absolute atomic E-state index is 15.7. The molecule has 4 aromatic rings. The molecule has 3 fully saturated rings. The number of rotatable bonds is 20. The Kier molecular flexibility index (Phi) is 16.1. The van der Waals surface area contributed by atoms with Crippen LogP contribution in [0.25, 0.3) is 0 Å². The van der Waals surface area contributed by atoms with Crippen molar-refractivity contribution in [1.29, 1.82) is 0 Å². The number of methoxy groups -OCH3 is 1. The lowest BCUT2D eigenvalue weighted by Crippen LogP contribution is -2.54. The molecule has 1 unspecified atom stereocenters. The normalized spacial score (nSPS) is 19.2. The molecule has 9 rings (SSSR count). The molecule has 1 saturated carbocycles. The first-order valence-electron chi connectivity index (χ1n) is 25.1. The number of fused-ring (bicyclic) bond motifs is 2. The molecule has 398 valence electrons. The van der Waals surface area contributed by atoms with Crippen molar-refractivity contribution in [1.82, 2.24) is 30.4 Å². The molecule has 1 aliphatic carbocycles. The lowest BCUT2D eigenvalue weighted by Gasteiger charge is -2.32. The molecule has 6 amide bonds. The Morgan fingerprint density at radius 2 is 1.61 bits per heavy atom. The third-order valence-corrected chi connectivity index (χ3v) is 14.1. The summed E-state index contributed by atoms with van der Waals surface area (Å²) in [6, 6.07) is 13.6. The molecule has 1 atom stereocenters. The summed E-state index contributed by atoms with van der Waals surface area (Å²) in [6.07, 6.45) is 5.82. The smallest absolute Gasteiger partial charge is 0.342 e. The monoisotopic (exact) mass is 1040 g/mol. The number of alkyl halides is 2. The zero-order valence-corrected chi connectivity index (χ0v) is 41.6. The highest BCUT2D eigenvalue weighted by atomic mass is 19.3.